The average molecular weight is 239 g/mol. The van der Waals surface area contributed by atoms with Crippen molar-refractivity contribution in [3.8, 4) is 6.07 Å². The molecule has 0 aliphatic rings. The number of benzene rings is 1. The second kappa shape index (κ2) is 4.72. The Labute approximate surface area is 106 Å². The number of nitrogens with two attached hydrogens (primary N) is 1. The molecule has 0 fully saturated rings. The molecule has 90 valence electrons. The molecule has 5 heteroatoms. The Kier molecular flexibility index (Phi) is 3.11. The van der Waals surface area contributed by atoms with Gasteiger partial charge in [0.05, 0.1) is 11.6 Å². The Hall–Kier alpha value is -2.61. The first-order valence-corrected chi connectivity index (χ1v) is 5.44. The zero-order valence-electron chi connectivity index (χ0n) is 10.3. The van der Waals surface area contributed by atoms with E-state index in [1.807, 2.05) is 31.0 Å². The van der Waals surface area contributed by atoms with Gasteiger partial charge in [-0.25, -0.2) is 9.97 Å². The van der Waals surface area contributed by atoms with Gasteiger partial charge in [-0.2, -0.15) is 5.26 Å². The first-order chi connectivity index (χ1) is 8.63. The lowest BCUT2D eigenvalue weighted by atomic mass is 10.2. The molecule has 0 saturated heterocycles. The number of nitrogens with zero attached hydrogens (tertiary/aromatic N) is 4. The van der Waals surface area contributed by atoms with Gasteiger partial charge in [0.25, 0.3) is 0 Å². The summed E-state index contributed by atoms with van der Waals surface area (Å²) in [4.78, 5) is 10.0. The molecule has 5 nitrogen and oxygen atoms in total. The molecule has 2 N–H and O–H groups in total. The third-order valence-electron chi connectivity index (χ3n) is 2.78. The first-order valence-electron chi connectivity index (χ1n) is 5.44. The molecule has 0 aliphatic heterocycles. The third-order valence-corrected chi connectivity index (χ3v) is 2.78. The quantitative estimate of drug-likeness (QED) is 0.867. The van der Waals surface area contributed by atoms with Crippen LogP contribution in [0.3, 0.4) is 0 Å². The van der Waals surface area contributed by atoms with Crippen LogP contribution >= 0.6 is 0 Å². The van der Waals surface area contributed by atoms with E-state index in [1.54, 1.807) is 12.1 Å². The maximum absolute atomic E-state index is 8.90. The molecule has 0 saturated carbocycles. The molecule has 1 aromatic heterocycles. The van der Waals surface area contributed by atoms with E-state index in [2.05, 4.69) is 16.0 Å². The van der Waals surface area contributed by atoms with Gasteiger partial charge in [0.2, 0.25) is 0 Å². The van der Waals surface area contributed by atoms with E-state index in [0.717, 1.165) is 17.1 Å². The van der Waals surface area contributed by atoms with E-state index >= 15 is 0 Å². The summed E-state index contributed by atoms with van der Waals surface area (Å²) < 4.78 is 0. The summed E-state index contributed by atoms with van der Waals surface area (Å²) in [5.41, 5.74) is 8.08. The fourth-order valence-electron chi connectivity index (χ4n) is 1.70. The van der Waals surface area contributed by atoms with Crippen molar-refractivity contribution in [2.45, 2.75) is 6.92 Å². The number of hydrogen-bond donors (Lipinski definition) is 1. The zero-order valence-corrected chi connectivity index (χ0v) is 10.3. The van der Waals surface area contributed by atoms with Gasteiger partial charge in [0.1, 0.15) is 18.0 Å². The van der Waals surface area contributed by atoms with E-state index in [-0.39, 0.29) is 0 Å². The molecule has 18 heavy (non-hydrogen) atoms. The van der Waals surface area contributed by atoms with Crippen LogP contribution in [0.2, 0.25) is 0 Å². The standard InChI is InChI=1S/C13H13N5/c1-9-12(15)16-8-17-13(9)18(2)11-5-3-4-10(6-11)7-14/h3-6,8H,1-2H3,(H2,15,16,17). The van der Waals surface area contributed by atoms with Gasteiger partial charge in [-0.05, 0) is 25.1 Å². The maximum atomic E-state index is 8.90. The summed E-state index contributed by atoms with van der Waals surface area (Å²) in [6.07, 6.45) is 1.43. The van der Waals surface area contributed by atoms with Gasteiger partial charge in [-0.1, -0.05) is 6.07 Å². The highest BCUT2D eigenvalue weighted by atomic mass is 15.2. The molecule has 2 aromatic rings. The average Bonchev–Trinajstić information content (AvgIpc) is 2.41. The summed E-state index contributed by atoms with van der Waals surface area (Å²) in [5, 5.41) is 8.90. The minimum absolute atomic E-state index is 0.461. The van der Waals surface area contributed by atoms with Crippen LogP contribution in [-0.2, 0) is 0 Å². The summed E-state index contributed by atoms with van der Waals surface area (Å²) in [5.74, 6) is 1.20. The van der Waals surface area contributed by atoms with Crippen LogP contribution in [0.4, 0.5) is 17.3 Å². The minimum Gasteiger partial charge on any atom is -0.383 e. The summed E-state index contributed by atoms with van der Waals surface area (Å²) in [7, 11) is 1.88. The molecule has 2 rings (SSSR count). The normalized spacial score (nSPS) is 9.83. The summed E-state index contributed by atoms with van der Waals surface area (Å²) in [6.45, 7) is 1.87. The summed E-state index contributed by atoms with van der Waals surface area (Å²) in [6, 6.07) is 9.43. The topological polar surface area (TPSA) is 78.8 Å². The molecule has 0 unspecified atom stereocenters. The van der Waals surface area contributed by atoms with Crippen molar-refractivity contribution in [1.29, 1.82) is 5.26 Å². The molecule has 0 bridgehead atoms. The second-order valence-electron chi connectivity index (χ2n) is 3.93. The van der Waals surface area contributed by atoms with Crippen molar-refractivity contribution >= 4 is 17.3 Å². The van der Waals surface area contributed by atoms with Crippen LogP contribution < -0.4 is 10.6 Å². The van der Waals surface area contributed by atoms with Crippen LogP contribution in [0.5, 0.6) is 0 Å². The fraction of sp³-hybridized carbons (Fsp3) is 0.154. The van der Waals surface area contributed by atoms with Gasteiger partial charge in [0, 0.05) is 18.3 Å². The molecule has 0 atom stereocenters. The first kappa shape index (κ1) is 11.9. The SMILES string of the molecule is Cc1c(N)ncnc1N(C)c1cccc(C#N)c1. The van der Waals surface area contributed by atoms with Crippen LogP contribution in [0, 0.1) is 18.3 Å². The third kappa shape index (κ3) is 2.09. The van der Waals surface area contributed by atoms with Crippen LogP contribution in [0.15, 0.2) is 30.6 Å². The lowest BCUT2D eigenvalue weighted by molar-refractivity contribution is 1.06. The number of nitrogen functional groups attached to an aromatic ring is 1. The number of aromatic nitrogens is 2. The lowest BCUT2D eigenvalue weighted by Crippen LogP contribution is -2.14. The van der Waals surface area contributed by atoms with E-state index in [4.69, 9.17) is 11.0 Å². The van der Waals surface area contributed by atoms with E-state index in [1.165, 1.54) is 6.33 Å². The zero-order chi connectivity index (χ0) is 13.1. The number of anilines is 3. The van der Waals surface area contributed by atoms with Crippen LogP contribution in [-0.4, -0.2) is 17.0 Å². The van der Waals surface area contributed by atoms with Crippen LogP contribution in [0.25, 0.3) is 0 Å². The van der Waals surface area contributed by atoms with Crippen molar-refractivity contribution < 1.29 is 0 Å². The Morgan fingerprint density at radius 3 is 2.83 bits per heavy atom. The molecule has 0 amide bonds. The highest BCUT2D eigenvalue weighted by Gasteiger charge is 2.11. The van der Waals surface area contributed by atoms with Gasteiger partial charge < -0.3 is 10.6 Å². The smallest absolute Gasteiger partial charge is 0.141 e. The van der Waals surface area contributed by atoms with E-state index in [9.17, 15) is 0 Å². The maximum Gasteiger partial charge on any atom is 0.141 e. The molecule has 1 heterocycles. The van der Waals surface area contributed by atoms with Crippen molar-refractivity contribution in [3.63, 3.8) is 0 Å². The van der Waals surface area contributed by atoms with E-state index < -0.39 is 0 Å². The molecular formula is C13H13N5. The minimum atomic E-state index is 0.461. The lowest BCUT2D eigenvalue weighted by Gasteiger charge is -2.20. The predicted molar refractivity (Wildman–Crippen MR) is 70.4 cm³/mol. The highest BCUT2D eigenvalue weighted by Crippen LogP contribution is 2.26. The van der Waals surface area contributed by atoms with Crippen molar-refractivity contribution in [1.82, 2.24) is 9.97 Å². The van der Waals surface area contributed by atoms with Crippen molar-refractivity contribution in [3.05, 3.63) is 41.7 Å². The molecular weight excluding hydrogens is 226 g/mol. The van der Waals surface area contributed by atoms with Gasteiger partial charge in [-0.3, -0.25) is 0 Å². The molecule has 0 spiro atoms. The Bertz CT molecular complexity index is 615. The Balaban J connectivity index is 2.45. The van der Waals surface area contributed by atoms with E-state index in [0.29, 0.717) is 11.4 Å². The molecule has 0 radical (unpaired) electrons. The molecule has 0 aliphatic carbocycles. The molecule has 1 aromatic carbocycles. The second-order valence-corrected chi connectivity index (χ2v) is 3.93. The van der Waals surface area contributed by atoms with Gasteiger partial charge >= 0.3 is 0 Å². The van der Waals surface area contributed by atoms with Gasteiger partial charge in [0.15, 0.2) is 0 Å². The highest BCUT2D eigenvalue weighted by molar-refractivity contribution is 5.66. The van der Waals surface area contributed by atoms with Crippen molar-refractivity contribution in [2.75, 3.05) is 17.7 Å². The van der Waals surface area contributed by atoms with Crippen LogP contribution in [0.1, 0.15) is 11.1 Å². The Morgan fingerprint density at radius 2 is 2.11 bits per heavy atom. The van der Waals surface area contributed by atoms with Crippen molar-refractivity contribution in [2.24, 2.45) is 0 Å². The number of rotatable bonds is 2. The Morgan fingerprint density at radius 1 is 1.33 bits per heavy atom. The number of nitriles is 1. The van der Waals surface area contributed by atoms with Gasteiger partial charge in [-0.15, -0.1) is 0 Å². The summed E-state index contributed by atoms with van der Waals surface area (Å²) >= 11 is 0. The monoisotopic (exact) mass is 239 g/mol. The fourth-order valence-corrected chi connectivity index (χ4v) is 1.70. The largest absolute Gasteiger partial charge is 0.383 e. The number of hydrogen-bond acceptors (Lipinski definition) is 5. The predicted octanol–water partition coefficient (Wildman–Crippen LogP) is 2.01.